The van der Waals surface area contributed by atoms with Gasteiger partial charge in [0.1, 0.15) is 11.9 Å². The lowest BCUT2D eigenvalue weighted by Gasteiger charge is -2.31. The fourth-order valence-electron chi connectivity index (χ4n) is 1.81. The second-order valence-corrected chi connectivity index (χ2v) is 3.80. The predicted molar refractivity (Wildman–Crippen MR) is 62.4 cm³/mol. The molecule has 0 spiro atoms. The van der Waals surface area contributed by atoms with E-state index in [-0.39, 0.29) is 6.10 Å². The van der Waals surface area contributed by atoms with E-state index in [2.05, 4.69) is 27.1 Å². The van der Waals surface area contributed by atoms with Crippen LogP contribution in [-0.2, 0) is 4.74 Å². The third-order valence-corrected chi connectivity index (χ3v) is 2.82. The van der Waals surface area contributed by atoms with Crippen molar-refractivity contribution >= 4 is 5.82 Å². The number of ether oxygens (including phenoxy) is 1. The minimum absolute atomic E-state index is 0.00185. The number of anilines is 1. The highest BCUT2D eigenvalue weighted by Crippen LogP contribution is 2.19. The van der Waals surface area contributed by atoms with Gasteiger partial charge >= 0.3 is 0 Å². The van der Waals surface area contributed by atoms with Crippen LogP contribution in [0, 0.1) is 0 Å². The number of nitrogens with one attached hydrogen (secondary N) is 1. The maximum atomic E-state index is 5.70. The van der Waals surface area contributed by atoms with Crippen molar-refractivity contribution in [3.63, 3.8) is 0 Å². The Kier molecular flexibility index (Phi) is 3.69. The monoisotopic (exact) mass is 222 g/mol. The molecule has 1 aliphatic heterocycles. The first-order valence-corrected chi connectivity index (χ1v) is 5.68. The van der Waals surface area contributed by atoms with E-state index in [9.17, 15) is 0 Å². The van der Waals surface area contributed by atoms with Crippen molar-refractivity contribution in [2.75, 3.05) is 38.6 Å². The molecule has 2 rings (SSSR count). The van der Waals surface area contributed by atoms with Crippen LogP contribution in [0.4, 0.5) is 5.82 Å². The van der Waals surface area contributed by atoms with E-state index in [1.165, 1.54) is 0 Å². The standard InChI is InChI=1S/C11H18N4O/c1-3-15-6-7-16-9(8-15)11-13-5-4-10(12-2)14-11/h4-5,9H,3,6-8H2,1-2H3,(H,12,13,14). The molecule has 1 aromatic heterocycles. The maximum Gasteiger partial charge on any atom is 0.160 e. The average molecular weight is 222 g/mol. The van der Waals surface area contributed by atoms with E-state index in [1.807, 2.05) is 13.1 Å². The molecular weight excluding hydrogens is 204 g/mol. The van der Waals surface area contributed by atoms with Gasteiger partial charge in [0, 0.05) is 26.3 Å². The van der Waals surface area contributed by atoms with Crippen molar-refractivity contribution in [2.45, 2.75) is 13.0 Å². The topological polar surface area (TPSA) is 50.3 Å². The van der Waals surface area contributed by atoms with E-state index in [1.54, 1.807) is 6.20 Å². The predicted octanol–water partition coefficient (Wildman–Crippen LogP) is 0.911. The molecule has 1 saturated heterocycles. The molecule has 2 heterocycles. The summed E-state index contributed by atoms with van der Waals surface area (Å²) in [6.07, 6.45) is 1.77. The molecular formula is C11H18N4O. The van der Waals surface area contributed by atoms with Gasteiger partial charge in [0.15, 0.2) is 5.82 Å². The van der Waals surface area contributed by atoms with E-state index >= 15 is 0 Å². The highest BCUT2D eigenvalue weighted by atomic mass is 16.5. The third-order valence-electron chi connectivity index (χ3n) is 2.82. The SMILES string of the molecule is CCN1CCOC(c2nccc(NC)n2)C1. The fourth-order valence-corrected chi connectivity index (χ4v) is 1.81. The van der Waals surface area contributed by atoms with Crippen molar-refractivity contribution in [1.29, 1.82) is 0 Å². The fraction of sp³-hybridized carbons (Fsp3) is 0.636. The van der Waals surface area contributed by atoms with E-state index < -0.39 is 0 Å². The van der Waals surface area contributed by atoms with Crippen molar-refractivity contribution in [3.05, 3.63) is 18.1 Å². The zero-order valence-electron chi connectivity index (χ0n) is 9.81. The summed E-state index contributed by atoms with van der Waals surface area (Å²) < 4.78 is 5.70. The molecule has 5 nitrogen and oxygen atoms in total. The minimum atomic E-state index is 0.00185. The Morgan fingerprint density at radius 3 is 3.25 bits per heavy atom. The van der Waals surface area contributed by atoms with Gasteiger partial charge < -0.3 is 10.1 Å². The molecule has 1 N–H and O–H groups in total. The van der Waals surface area contributed by atoms with Crippen LogP contribution in [0.2, 0.25) is 0 Å². The summed E-state index contributed by atoms with van der Waals surface area (Å²) in [5.41, 5.74) is 0. The van der Waals surface area contributed by atoms with E-state index in [4.69, 9.17) is 4.74 Å². The van der Waals surface area contributed by atoms with Gasteiger partial charge in [-0.15, -0.1) is 0 Å². The number of morpholine rings is 1. The van der Waals surface area contributed by atoms with Crippen molar-refractivity contribution in [3.8, 4) is 0 Å². The number of hydrogen-bond acceptors (Lipinski definition) is 5. The number of nitrogens with zero attached hydrogens (tertiary/aromatic N) is 3. The molecule has 1 unspecified atom stereocenters. The van der Waals surface area contributed by atoms with Crippen molar-refractivity contribution in [2.24, 2.45) is 0 Å². The summed E-state index contributed by atoms with van der Waals surface area (Å²) in [5.74, 6) is 1.60. The Labute approximate surface area is 95.8 Å². The molecule has 1 aliphatic rings. The first-order valence-electron chi connectivity index (χ1n) is 5.68. The van der Waals surface area contributed by atoms with Gasteiger partial charge in [0.2, 0.25) is 0 Å². The van der Waals surface area contributed by atoms with Crippen LogP contribution in [0.1, 0.15) is 18.9 Å². The van der Waals surface area contributed by atoms with Gasteiger partial charge in [-0.05, 0) is 12.6 Å². The van der Waals surface area contributed by atoms with Crippen LogP contribution in [0.3, 0.4) is 0 Å². The molecule has 0 aliphatic carbocycles. The quantitative estimate of drug-likeness (QED) is 0.824. The molecule has 5 heteroatoms. The van der Waals surface area contributed by atoms with Crippen LogP contribution >= 0.6 is 0 Å². The normalized spacial score (nSPS) is 22.0. The Morgan fingerprint density at radius 2 is 2.50 bits per heavy atom. The molecule has 16 heavy (non-hydrogen) atoms. The molecule has 1 atom stereocenters. The second kappa shape index (κ2) is 5.23. The zero-order chi connectivity index (χ0) is 11.4. The van der Waals surface area contributed by atoms with Crippen LogP contribution in [0.25, 0.3) is 0 Å². The van der Waals surface area contributed by atoms with Gasteiger partial charge in [0.05, 0.1) is 6.61 Å². The number of aromatic nitrogens is 2. The summed E-state index contributed by atoms with van der Waals surface area (Å²) >= 11 is 0. The summed E-state index contributed by atoms with van der Waals surface area (Å²) in [6.45, 7) is 5.84. The second-order valence-electron chi connectivity index (χ2n) is 3.80. The largest absolute Gasteiger partial charge is 0.373 e. The number of hydrogen-bond donors (Lipinski definition) is 1. The van der Waals surface area contributed by atoms with Crippen LogP contribution in [0.15, 0.2) is 12.3 Å². The van der Waals surface area contributed by atoms with E-state index in [0.29, 0.717) is 0 Å². The van der Waals surface area contributed by atoms with Crippen LogP contribution < -0.4 is 5.32 Å². The van der Waals surface area contributed by atoms with Gasteiger partial charge in [0.25, 0.3) is 0 Å². The lowest BCUT2D eigenvalue weighted by Crippen LogP contribution is -2.38. The molecule has 88 valence electrons. The molecule has 0 radical (unpaired) electrons. The van der Waals surface area contributed by atoms with Crippen LogP contribution in [-0.4, -0.2) is 48.2 Å². The Bertz CT molecular complexity index is 345. The summed E-state index contributed by atoms with van der Waals surface area (Å²) in [7, 11) is 1.85. The molecule has 1 fully saturated rings. The molecule has 0 amide bonds. The van der Waals surface area contributed by atoms with Gasteiger partial charge in [-0.25, -0.2) is 9.97 Å². The molecule has 0 saturated carbocycles. The lowest BCUT2D eigenvalue weighted by molar-refractivity contribution is -0.0325. The Balaban J connectivity index is 2.10. The average Bonchev–Trinajstić information content (AvgIpc) is 2.39. The molecule has 0 bridgehead atoms. The van der Waals surface area contributed by atoms with Crippen molar-refractivity contribution in [1.82, 2.24) is 14.9 Å². The number of likely N-dealkylation sites (N-methyl/N-ethyl adjacent to an activating group) is 1. The van der Waals surface area contributed by atoms with Crippen LogP contribution in [0.5, 0.6) is 0 Å². The highest BCUT2D eigenvalue weighted by Gasteiger charge is 2.23. The molecule has 1 aromatic rings. The first-order chi connectivity index (χ1) is 7.83. The summed E-state index contributed by atoms with van der Waals surface area (Å²) in [6, 6.07) is 1.85. The van der Waals surface area contributed by atoms with E-state index in [0.717, 1.165) is 37.9 Å². The lowest BCUT2D eigenvalue weighted by atomic mass is 10.2. The summed E-state index contributed by atoms with van der Waals surface area (Å²) in [4.78, 5) is 11.0. The van der Waals surface area contributed by atoms with Crippen molar-refractivity contribution < 1.29 is 4.74 Å². The minimum Gasteiger partial charge on any atom is -0.373 e. The zero-order valence-corrected chi connectivity index (χ0v) is 9.81. The first kappa shape index (κ1) is 11.3. The Morgan fingerprint density at radius 1 is 1.62 bits per heavy atom. The number of rotatable bonds is 3. The Hall–Kier alpha value is -1.20. The molecule has 0 aromatic carbocycles. The maximum absolute atomic E-state index is 5.70. The highest BCUT2D eigenvalue weighted by molar-refractivity contribution is 5.31. The van der Waals surface area contributed by atoms with Gasteiger partial charge in [-0.3, -0.25) is 4.90 Å². The third kappa shape index (κ3) is 2.48. The summed E-state index contributed by atoms with van der Waals surface area (Å²) in [5, 5.41) is 3.01. The smallest absolute Gasteiger partial charge is 0.160 e. The van der Waals surface area contributed by atoms with Gasteiger partial charge in [-0.2, -0.15) is 0 Å². The van der Waals surface area contributed by atoms with Gasteiger partial charge in [-0.1, -0.05) is 6.92 Å².